The van der Waals surface area contributed by atoms with Gasteiger partial charge in [0, 0.05) is 39.7 Å². The predicted molar refractivity (Wildman–Crippen MR) is 145 cm³/mol. The molecule has 0 aliphatic carbocycles. The first kappa shape index (κ1) is 25.5. The molecule has 6 rings (SSSR count). The molecular weight excluding hydrogens is 496 g/mol. The van der Waals surface area contributed by atoms with Gasteiger partial charge in [0.2, 0.25) is 5.91 Å². The lowest BCUT2D eigenvalue weighted by Gasteiger charge is -2.32. The van der Waals surface area contributed by atoms with Crippen LogP contribution in [0.4, 0.5) is 10.6 Å². The van der Waals surface area contributed by atoms with Crippen LogP contribution in [0.15, 0.2) is 42.6 Å². The zero-order valence-electron chi connectivity index (χ0n) is 22.6. The van der Waals surface area contributed by atoms with Crippen molar-refractivity contribution in [3.63, 3.8) is 0 Å². The van der Waals surface area contributed by atoms with Crippen molar-refractivity contribution in [1.29, 1.82) is 0 Å². The molecule has 0 spiro atoms. The zero-order valence-corrected chi connectivity index (χ0v) is 22.6. The lowest BCUT2D eigenvalue weighted by Crippen LogP contribution is -2.50. The van der Waals surface area contributed by atoms with E-state index in [-0.39, 0.29) is 24.0 Å². The van der Waals surface area contributed by atoms with E-state index in [1.807, 2.05) is 29.8 Å². The van der Waals surface area contributed by atoms with Crippen molar-refractivity contribution in [3.05, 3.63) is 59.4 Å². The minimum Gasteiger partial charge on any atom is -0.488 e. The molecule has 3 aliphatic rings. The van der Waals surface area contributed by atoms with Gasteiger partial charge < -0.3 is 14.0 Å². The van der Waals surface area contributed by atoms with Crippen molar-refractivity contribution < 1.29 is 19.1 Å². The van der Waals surface area contributed by atoms with Crippen LogP contribution < -0.4 is 15.0 Å². The molecule has 1 aromatic carbocycles. The van der Waals surface area contributed by atoms with Crippen molar-refractivity contribution >= 4 is 17.8 Å². The highest BCUT2D eigenvalue weighted by molar-refractivity contribution is 6.05. The number of fused-ring (bicyclic) bond motifs is 1. The van der Waals surface area contributed by atoms with Gasteiger partial charge in [-0.2, -0.15) is 0 Å². The molecule has 3 aromatic rings. The molecule has 2 fully saturated rings. The van der Waals surface area contributed by atoms with E-state index in [0.717, 1.165) is 49.7 Å². The molecule has 2 aromatic heterocycles. The number of carbonyl (C=O) groups is 2. The number of nitrogens with one attached hydrogen (secondary N) is 1. The van der Waals surface area contributed by atoms with Gasteiger partial charge in [-0.05, 0) is 56.0 Å². The number of imide groups is 1. The van der Waals surface area contributed by atoms with Gasteiger partial charge in [-0.25, -0.2) is 14.8 Å². The van der Waals surface area contributed by atoms with Gasteiger partial charge in [0.25, 0.3) is 0 Å². The quantitative estimate of drug-likeness (QED) is 0.518. The highest BCUT2D eigenvalue weighted by atomic mass is 16.5. The third-order valence-electron chi connectivity index (χ3n) is 7.95. The number of nitrogens with zero attached hydrogens (tertiary/aromatic N) is 5. The topological polar surface area (TPSA) is 102 Å². The van der Waals surface area contributed by atoms with Crippen LogP contribution in [0.5, 0.6) is 5.75 Å². The molecule has 5 heterocycles. The number of rotatable bonds is 6. The zero-order chi connectivity index (χ0) is 27.1. The van der Waals surface area contributed by atoms with E-state index in [0.29, 0.717) is 24.8 Å². The summed E-state index contributed by atoms with van der Waals surface area (Å²) < 4.78 is 13.5. The standard InChI is InChI=1S/C29H34N6O4/c1-29(2)26-20(17-34(29)16-19-6-9-21(10-7-19)39-22-5-4-14-38-18-22)8-11-23(31-26)27-30-15-25(33(27)3)35-13-12-24(36)32-28(35)37/h6-11,15,22H,4-5,12-14,16-18H2,1-3H3,(H,32,36,37)/t22-/m0/s1. The van der Waals surface area contributed by atoms with E-state index in [2.05, 4.69) is 47.2 Å². The van der Waals surface area contributed by atoms with Crippen LogP contribution in [0.3, 0.4) is 0 Å². The van der Waals surface area contributed by atoms with Crippen LogP contribution in [0.1, 0.15) is 49.9 Å². The number of carbonyl (C=O) groups excluding carboxylic acids is 2. The molecule has 1 N–H and O–H groups in total. The molecule has 0 saturated carbocycles. The van der Waals surface area contributed by atoms with Crippen LogP contribution in [-0.2, 0) is 35.2 Å². The Morgan fingerprint density at radius 2 is 1.97 bits per heavy atom. The van der Waals surface area contributed by atoms with Gasteiger partial charge in [-0.15, -0.1) is 0 Å². The third-order valence-corrected chi connectivity index (χ3v) is 7.95. The van der Waals surface area contributed by atoms with E-state index in [1.165, 1.54) is 16.0 Å². The van der Waals surface area contributed by atoms with Crippen molar-refractivity contribution in [2.75, 3.05) is 24.7 Å². The summed E-state index contributed by atoms with van der Waals surface area (Å²) >= 11 is 0. The fraction of sp³-hybridized carbons (Fsp3) is 0.448. The van der Waals surface area contributed by atoms with Crippen LogP contribution >= 0.6 is 0 Å². The summed E-state index contributed by atoms with van der Waals surface area (Å²) in [7, 11) is 1.86. The molecule has 3 amide bonds. The number of aromatic nitrogens is 3. The summed E-state index contributed by atoms with van der Waals surface area (Å²) in [5.41, 5.74) is 3.92. The number of amides is 3. The number of pyridine rings is 1. The van der Waals surface area contributed by atoms with Gasteiger partial charge in [0.15, 0.2) is 5.82 Å². The Bertz CT molecular complexity index is 1390. The fourth-order valence-electron chi connectivity index (χ4n) is 5.64. The number of benzene rings is 1. The number of imidazole rings is 1. The lowest BCUT2D eigenvalue weighted by atomic mass is 9.98. The van der Waals surface area contributed by atoms with Crippen LogP contribution in [0, 0.1) is 0 Å². The van der Waals surface area contributed by atoms with Crippen molar-refractivity contribution in [3.8, 4) is 17.3 Å². The molecule has 0 bridgehead atoms. The van der Waals surface area contributed by atoms with E-state index in [1.54, 1.807) is 6.20 Å². The van der Waals surface area contributed by atoms with Gasteiger partial charge in [-0.3, -0.25) is 19.9 Å². The number of hydrogen-bond acceptors (Lipinski definition) is 7. The first-order valence-electron chi connectivity index (χ1n) is 13.5. The average molecular weight is 531 g/mol. The van der Waals surface area contributed by atoms with E-state index in [9.17, 15) is 9.59 Å². The minimum absolute atomic E-state index is 0.132. The second-order valence-corrected chi connectivity index (χ2v) is 11.0. The SMILES string of the molecule is Cn1c(N2CCC(=O)NC2=O)cnc1-c1ccc2c(n1)C(C)(C)N(Cc1ccc(O[C@H]3CCCOC3)cc1)C2. The summed E-state index contributed by atoms with van der Waals surface area (Å²) in [5.74, 6) is 1.92. The normalized spacial score (nSPS) is 21.1. The van der Waals surface area contributed by atoms with E-state index >= 15 is 0 Å². The van der Waals surface area contributed by atoms with Crippen LogP contribution in [0.25, 0.3) is 11.5 Å². The maximum absolute atomic E-state index is 12.4. The highest BCUT2D eigenvalue weighted by Gasteiger charge is 2.39. The Morgan fingerprint density at radius 1 is 1.15 bits per heavy atom. The smallest absolute Gasteiger partial charge is 0.329 e. The maximum atomic E-state index is 12.4. The Balaban J connectivity index is 1.17. The van der Waals surface area contributed by atoms with Gasteiger partial charge in [0.05, 0.1) is 24.0 Å². The molecule has 10 nitrogen and oxygen atoms in total. The molecule has 1 atom stereocenters. The number of hydrogen-bond donors (Lipinski definition) is 1. The fourth-order valence-corrected chi connectivity index (χ4v) is 5.64. The van der Waals surface area contributed by atoms with Crippen LogP contribution in [0.2, 0.25) is 0 Å². The summed E-state index contributed by atoms with van der Waals surface area (Å²) in [6.07, 6.45) is 4.13. The monoisotopic (exact) mass is 530 g/mol. The second-order valence-electron chi connectivity index (χ2n) is 11.0. The maximum Gasteiger partial charge on any atom is 0.329 e. The first-order chi connectivity index (χ1) is 18.8. The van der Waals surface area contributed by atoms with E-state index < -0.39 is 6.03 Å². The predicted octanol–water partition coefficient (Wildman–Crippen LogP) is 3.74. The van der Waals surface area contributed by atoms with Crippen molar-refractivity contribution in [2.45, 2.75) is 57.8 Å². The third kappa shape index (κ3) is 4.90. The molecule has 39 heavy (non-hydrogen) atoms. The van der Waals surface area contributed by atoms with E-state index in [4.69, 9.17) is 14.5 Å². The van der Waals surface area contributed by atoms with Gasteiger partial charge in [-0.1, -0.05) is 18.2 Å². The highest BCUT2D eigenvalue weighted by Crippen LogP contribution is 2.40. The molecule has 0 unspecified atom stereocenters. The lowest BCUT2D eigenvalue weighted by molar-refractivity contribution is -0.120. The summed E-state index contributed by atoms with van der Waals surface area (Å²) in [4.78, 5) is 37.5. The summed E-state index contributed by atoms with van der Waals surface area (Å²) in [6.45, 7) is 7.81. The van der Waals surface area contributed by atoms with Crippen molar-refractivity contribution in [1.82, 2.24) is 24.8 Å². The molecule has 0 radical (unpaired) electrons. The molecular formula is C29H34N6O4. The summed E-state index contributed by atoms with van der Waals surface area (Å²) in [6, 6.07) is 12.1. The Hall–Kier alpha value is -3.76. The Kier molecular flexibility index (Phi) is 6.60. The minimum atomic E-state index is -0.429. The Morgan fingerprint density at radius 3 is 2.72 bits per heavy atom. The van der Waals surface area contributed by atoms with Crippen LogP contribution in [-0.4, -0.2) is 57.2 Å². The van der Waals surface area contributed by atoms with Gasteiger partial charge in [0.1, 0.15) is 23.4 Å². The Labute approximate surface area is 227 Å². The number of urea groups is 1. The van der Waals surface area contributed by atoms with Crippen molar-refractivity contribution in [2.24, 2.45) is 7.05 Å². The molecule has 10 heteroatoms. The summed E-state index contributed by atoms with van der Waals surface area (Å²) in [5, 5.41) is 2.37. The largest absolute Gasteiger partial charge is 0.488 e. The molecule has 3 aliphatic heterocycles. The average Bonchev–Trinajstić information content (AvgIpc) is 3.42. The number of anilines is 1. The molecule has 204 valence electrons. The second kappa shape index (κ2) is 10.1. The number of ether oxygens (including phenoxy) is 2. The molecule has 2 saturated heterocycles. The van der Waals surface area contributed by atoms with Gasteiger partial charge >= 0.3 is 6.03 Å². The first-order valence-corrected chi connectivity index (χ1v) is 13.5.